The van der Waals surface area contributed by atoms with E-state index in [1.165, 1.54) is 12.1 Å². The number of phenolic OH excluding ortho intramolecular Hbond substituents is 1. The van der Waals surface area contributed by atoms with E-state index < -0.39 is 17.7 Å². The standard InChI is InChI=1S/C11H12F2O2/c1-6(2)7-3-8(5-14)10(15)9(4-7)11(12)13/h3-6,11,15H,1-2H3. The van der Waals surface area contributed by atoms with Gasteiger partial charge in [0.1, 0.15) is 5.75 Å². The molecule has 0 saturated heterocycles. The number of halogens is 2. The number of hydrogen-bond acceptors (Lipinski definition) is 2. The molecule has 0 aliphatic heterocycles. The minimum Gasteiger partial charge on any atom is -0.507 e. The number of rotatable bonds is 3. The first-order valence-electron chi connectivity index (χ1n) is 4.57. The van der Waals surface area contributed by atoms with Crippen LogP contribution in [0.1, 0.15) is 47.7 Å². The van der Waals surface area contributed by atoms with Gasteiger partial charge in [-0.2, -0.15) is 0 Å². The van der Waals surface area contributed by atoms with Crippen LogP contribution in [-0.4, -0.2) is 11.4 Å². The summed E-state index contributed by atoms with van der Waals surface area (Å²) in [6.45, 7) is 3.66. The molecule has 1 rings (SSSR count). The van der Waals surface area contributed by atoms with Crippen molar-refractivity contribution in [3.63, 3.8) is 0 Å². The summed E-state index contributed by atoms with van der Waals surface area (Å²) in [6.07, 6.45) is -2.39. The second-order valence-electron chi connectivity index (χ2n) is 3.62. The molecule has 1 aromatic carbocycles. The predicted octanol–water partition coefficient (Wildman–Crippen LogP) is 3.27. The van der Waals surface area contributed by atoms with Gasteiger partial charge in [-0.1, -0.05) is 13.8 Å². The highest BCUT2D eigenvalue weighted by atomic mass is 19.3. The van der Waals surface area contributed by atoms with Crippen LogP contribution in [0, 0.1) is 0 Å². The summed E-state index contributed by atoms with van der Waals surface area (Å²) in [5.74, 6) is -0.591. The molecule has 2 nitrogen and oxygen atoms in total. The lowest BCUT2D eigenvalue weighted by atomic mass is 9.97. The largest absolute Gasteiger partial charge is 0.507 e. The van der Waals surface area contributed by atoms with Gasteiger partial charge in [0.25, 0.3) is 6.43 Å². The zero-order chi connectivity index (χ0) is 11.6. The highest BCUT2D eigenvalue weighted by molar-refractivity contribution is 5.80. The molecule has 82 valence electrons. The molecule has 0 heterocycles. The van der Waals surface area contributed by atoms with Crippen molar-refractivity contribution in [2.24, 2.45) is 0 Å². The van der Waals surface area contributed by atoms with Gasteiger partial charge in [0.15, 0.2) is 6.29 Å². The Morgan fingerprint density at radius 2 is 1.93 bits per heavy atom. The molecule has 0 amide bonds. The lowest BCUT2D eigenvalue weighted by molar-refractivity contribution is 0.111. The van der Waals surface area contributed by atoms with Gasteiger partial charge < -0.3 is 5.11 Å². The average molecular weight is 214 g/mol. The van der Waals surface area contributed by atoms with Gasteiger partial charge in [-0.15, -0.1) is 0 Å². The van der Waals surface area contributed by atoms with Crippen LogP contribution in [0.25, 0.3) is 0 Å². The molecule has 0 bridgehead atoms. The van der Waals surface area contributed by atoms with Crippen molar-refractivity contribution in [1.82, 2.24) is 0 Å². The number of aldehydes is 1. The number of hydrogen-bond donors (Lipinski definition) is 1. The van der Waals surface area contributed by atoms with E-state index in [-0.39, 0.29) is 11.5 Å². The van der Waals surface area contributed by atoms with Crippen LogP contribution in [0.5, 0.6) is 5.75 Å². The van der Waals surface area contributed by atoms with Crippen LogP contribution in [0.3, 0.4) is 0 Å². The summed E-state index contributed by atoms with van der Waals surface area (Å²) in [7, 11) is 0. The molecule has 0 spiro atoms. The Morgan fingerprint density at radius 1 is 1.33 bits per heavy atom. The van der Waals surface area contributed by atoms with Crippen LogP contribution >= 0.6 is 0 Å². The number of carbonyl (C=O) groups excluding carboxylic acids is 1. The highest BCUT2D eigenvalue weighted by Crippen LogP contribution is 2.33. The fourth-order valence-corrected chi connectivity index (χ4v) is 1.29. The van der Waals surface area contributed by atoms with Crippen molar-refractivity contribution in [1.29, 1.82) is 0 Å². The molecular weight excluding hydrogens is 202 g/mol. The minimum atomic E-state index is -2.78. The number of benzene rings is 1. The Kier molecular flexibility index (Phi) is 3.39. The van der Waals surface area contributed by atoms with Crippen LogP contribution < -0.4 is 0 Å². The molecule has 0 aromatic heterocycles. The summed E-state index contributed by atoms with van der Waals surface area (Å²) in [5, 5.41) is 9.35. The zero-order valence-electron chi connectivity index (χ0n) is 8.50. The van der Waals surface area contributed by atoms with Gasteiger partial charge in [0, 0.05) is 0 Å². The van der Waals surface area contributed by atoms with E-state index in [9.17, 15) is 18.7 Å². The van der Waals surface area contributed by atoms with Crippen LogP contribution in [0.4, 0.5) is 8.78 Å². The van der Waals surface area contributed by atoms with E-state index in [1.807, 2.05) is 13.8 Å². The van der Waals surface area contributed by atoms with Crippen molar-refractivity contribution in [3.05, 3.63) is 28.8 Å². The molecule has 1 aromatic rings. The third-order valence-corrected chi connectivity index (χ3v) is 2.22. The molecule has 0 aliphatic rings. The van der Waals surface area contributed by atoms with Crippen LogP contribution in [0.15, 0.2) is 12.1 Å². The first kappa shape index (κ1) is 11.6. The second-order valence-corrected chi connectivity index (χ2v) is 3.62. The third-order valence-electron chi connectivity index (χ3n) is 2.22. The monoisotopic (exact) mass is 214 g/mol. The maximum absolute atomic E-state index is 12.5. The Balaban J connectivity index is 3.38. The van der Waals surface area contributed by atoms with Gasteiger partial charge in [-0.3, -0.25) is 4.79 Å². The van der Waals surface area contributed by atoms with E-state index in [4.69, 9.17) is 0 Å². The maximum atomic E-state index is 12.5. The lowest BCUT2D eigenvalue weighted by Gasteiger charge is -2.11. The Bertz CT molecular complexity index is 373. The normalized spacial score (nSPS) is 11.1. The van der Waals surface area contributed by atoms with Crippen molar-refractivity contribution in [2.75, 3.05) is 0 Å². The van der Waals surface area contributed by atoms with Crippen molar-refractivity contribution in [3.8, 4) is 5.75 Å². The molecule has 0 radical (unpaired) electrons. The molecule has 4 heteroatoms. The SMILES string of the molecule is CC(C)c1cc(C=O)c(O)c(C(F)F)c1. The smallest absolute Gasteiger partial charge is 0.267 e. The second kappa shape index (κ2) is 4.38. The Hall–Kier alpha value is -1.45. The molecule has 0 aliphatic carbocycles. The number of alkyl halides is 2. The first-order chi connectivity index (χ1) is 6.97. The molecule has 1 N–H and O–H groups in total. The topological polar surface area (TPSA) is 37.3 Å². The molecule has 0 saturated carbocycles. The summed E-state index contributed by atoms with van der Waals surface area (Å²) in [6, 6.07) is 2.66. The summed E-state index contributed by atoms with van der Waals surface area (Å²) in [5.41, 5.74) is 0.0463. The third kappa shape index (κ3) is 2.32. The minimum absolute atomic E-state index is 0.0294. The quantitative estimate of drug-likeness (QED) is 0.784. The van der Waals surface area contributed by atoms with Gasteiger partial charge in [-0.05, 0) is 23.6 Å². The fraction of sp³-hybridized carbons (Fsp3) is 0.364. The van der Waals surface area contributed by atoms with Gasteiger partial charge >= 0.3 is 0 Å². The Morgan fingerprint density at radius 3 is 2.33 bits per heavy atom. The molecule has 0 unspecified atom stereocenters. The average Bonchev–Trinajstić information content (AvgIpc) is 2.17. The van der Waals surface area contributed by atoms with Crippen molar-refractivity contribution >= 4 is 6.29 Å². The van der Waals surface area contributed by atoms with E-state index in [2.05, 4.69) is 0 Å². The zero-order valence-corrected chi connectivity index (χ0v) is 8.50. The lowest BCUT2D eigenvalue weighted by Crippen LogP contribution is -1.96. The van der Waals surface area contributed by atoms with E-state index in [1.54, 1.807) is 0 Å². The van der Waals surface area contributed by atoms with E-state index in [0.717, 1.165) is 0 Å². The van der Waals surface area contributed by atoms with Gasteiger partial charge in [-0.25, -0.2) is 8.78 Å². The first-order valence-corrected chi connectivity index (χ1v) is 4.57. The summed E-state index contributed by atoms with van der Waals surface area (Å²) < 4.78 is 25.0. The van der Waals surface area contributed by atoms with Gasteiger partial charge in [0.05, 0.1) is 11.1 Å². The fourth-order valence-electron chi connectivity index (χ4n) is 1.29. The predicted molar refractivity (Wildman–Crippen MR) is 52.5 cm³/mol. The van der Waals surface area contributed by atoms with Crippen LogP contribution in [-0.2, 0) is 0 Å². The molecule has 0 atom stereocenters. The number of aromatic hydroxyl groups is 1. The van der Waals surface area contributed by atoms with Crippen molar-refractivity contribution < 1.29 is 18.7 Å². The highest BCUT2D eigenvalue weighted by Gasteiger charge is 2.18. The molecule has 15 heavy (non-hydrogen) atoms. The molecular formula is C11H12F2O2. The maximum Gasteiger partial charge on any atom is 0.267 e. The number of phenols is 1. The Labute approximate surface area is 86.5 Å². The van der Waals surface area contributed by atoms with E-state index in [0.29, 0.717) is 11.8 Å². The van der Waals surface area contributed by atoms with Crippen molar-refractivity contribution in [2.45, 2.75) is 26.2 Å². The van der Waals surface area contributed by atoms with Gasteiger partial charge in [0.2, 0.25) is 0 Å². The van der Waals surface area contributed by atoms with E-state index >= 15 is 0 Å². The van der Waals surface area contributed by atoms with Crippen LogP contribution in [0.2, 0.25) is 0 Å². The summed E-state index contributed by atoms with van der Waals surface area (Å²) >= 11 is 0. The number of carbonyl (C=O) groups is 1. The summed E-state index contributed by atoms with van der Waals surface area (Å²) in [4.78, 5) is 10.6. The molecule has 0 fully saturated rings.